The van der Waals surface area contributed by atoms with Crippen LogP contribution in [0.1, 0.15) is 0 Å². The van der Waals surface area contributed by atoms with Gasteiger partial charge in [0.1, 0.15) is 0 Å². The van der Waals surface area contributed by atoms with E-state index < -0.39 is 0 Å². The number of hydrogen-bond donors (Lipinski definition) is 0. The Bertz CT molecular complexity index is 2000. The van der Waals surface area contributed by atoms with E-state index in [9.17, 15) is 14.4 Å². The summed E-state index contributed by atoms with van der Waals surface area (Å²) in [7, 11) is 0. The average molecular weight is 384 g/mol. The Balaban J connectivity index is 2.07. The van der Waals surface area contributed by atoms with E-state index >= 15 is 0 Å². The molecule has 0 amide bonds. The predicted molar refractivity (Wildman–Crippen MR) is 124 cm³/mol. The second-order valence-corrected chi connectivity index (χ2v) is 7.87. The summed E-state index contributed by atoms with van der Waals surface area (Å²) in [5.41, 5.74) is -0.400. The molecule has 7 aromatic carbocycles. The molecule has 0 fully saturated rings. The molecule has 0 bridgehead atoms. The SMILES string of the molecule is O=c1c2ccccc2c2c1c1c(=O)c3ccccc3c1c1c3ccccc3c(=O)c21. The number of benzene rings is 4. The van der Waals surface area contributed by atoms with Gasteiger partial charge in [-0.2, -0.15) is 0 Å². The van der Waals surface area contributed by atoms with Crippen LogP contribution in [-0.2, 0) is 0 Å². The van der Waals surface area contributed by atoms with Gasteiger partial charge in [-0.25, -0.2) is 0 Å². The normalized spacial score (nSPS) is 12.4. The summed E-state index contributed by atoms with van der Waals surface area (Å²) in [6.45, 7) is 0. The van der Waals surface area contributed by atoms with Crippen LogP contribution in [0.5, 0.6) is 0 Å². The van der Waals surface area contributed by atoms with Crippen LogP contribution < -0.4 is 16.3 Å². The molecule has 0 N–H and O–H groups in total. The maximum absolute atomic E-state index is 13.6. The molecule has 30 heavy (non-hydrogen) atoms. The summed E-state index contributed by atoms with van der Waals surface area (Å²) in [6.07, 6.45) is 0. The summed E-state index contributed by atoms with van der Waals surface area (Å²) in [4.78, 5) is 40.5. The van der Waals surface area contributed by atoms with E-state index in [2.05, 4.69) is 0 Å². The molecular weight excluding hydrogens is 372 g/mol. The van der Waals surface area contributed by atoms with E-state index in [1.54, 1.807) is 12.1 Å². The summed E-state index contributed by atoms with van der Waals surface area (Å²) < 4.78 is 0. The number of fused-ring (bicyclic) bond motifs is 12. The third kappa shape index (κ3) is 1.58. The monoisotopic (exact) mass is 384 g/mol. The number of hydrogen-bond acceptors (Lipinski definition) is 3. The number of rotatable bonds is 0. The Labute approximate surface area is 168 Å². The van der Waals surface area contributed by atoms with Crippen LogP contribution in [0.25, 0.3) is 64.6 Å². The maximum atomic E-state index is 13.6. The van der Waals surface area contributed by atoms with Gasteiger partial charge in [-0.15, -0.1) is 0 Å². The third-order valence-electron chi connectivity index (χ3n) is 6.50. The van der Waals surface area contributed by atoms with Crippen molar-refractivity contribution < 1.29 is 0 Å². The fraction of sp³-hybridized carbons (Fsp3) is 0. The zero-order valence-corrected chi connectivity index (χ0v) is 15.7. The van der Waals surface area contributed by atoms with Crippen LogP contribution in [0.4, 0.5) is 0 Å². The van der Waals surface area contributed by atoms with Crippen molar-refractivity contribution in [3.8, 4) is 0 Å². The Hall–Kier alpha value is -4.11. The van der Waals surface area contributed by atoms with Crippen molar-refractivity contribution in [3.05, 3.63) is 103 Å². The lowest BCUT2D eigenvalue weighted by Crippen LogP contribution is -2.02. The third-order valence-corrected chi connectivity index (χ3v) is 6.50. The molecule has 3 heteroatoms. The Morgan fingerprint density at radius 1 is 0.300 bits per heavy atom. The van der Waals surface area contributed by atoms with Gasteiger partial charge in [0.2, 0.25) is 0 Å². The standard InChI is InChI=1S/C27H12O3/c28-25-16-10-4-1-7-13(16)19-20-14-8-2-5-11-17(14)26(29)23(20)24-21(22(19)25)15-9-3-6-12-18(15)27(24)30/h1-12H. The first-order valence-corrected chi connectivity index (χ1v) is 9.84. The Morgan fingerprint density at radius 2 is 0.533 bits per heavy atom. The minimum atomic E-state index is -0.176. The molecule has 7 aromatic rings. The molecular formula is C27H12O3. The molecule has 0 aliphatic rings. The van der Waals surface area contributed by atoms with Gasteiger partial charge in [-0.3, -0.25) is 14.4 Å². The highest BCUT2D eigenvalue weighted by molar-refractivity contribution is 6.42. The molecule has 0 spiro atoms. The molecule has 138 valence electrons. The molecule has 0 saturated heterocycles. The molecule has 0 atom stereocenters. The highest BCUT2D eigenvalue weighted by Gasteiger charge is 2.26. The first kappa shape index (κ1) is 15.8. The van der Waals surface area contributed by atoms with E-state index in [4.69, 9.17) is 0 Å². The lowest BCUT2D eigenvalue weighted by Gasteiger charge is -2.01. The second kappa shape index (κ2) is 5.08. The highest BCUT2D eigenvalue weighted by Crippen LogP contribution is 2.42. The quantitative estimate of drug-likeness (QED) is 0.370. The van der Waals surface area contributed by atoms with Gasteiger partial charge in [0.25, 0.3) is 0 Å². The summed E-state index contributed by atoms with van der Waals surface area (Å²) >= 11 is 0. The van der Waals surface area contributed by atoms with E-state index in [-0.39, 0.29) is 16.3 Å². The van der Waals surface area contributed by atoms with Gasteiger partial charge >= 0.3 is 0 Å². The predicted octanol–water partition coefficient (Wildman–Crippen LogP) is 5.00. The Morgan fingerprint density at radius 3 is 0.867 bits per heavy atom. The van der Waals surface area contributed by atoms with Crippen LogP contribution in [-0.4, -0.2) is 0 Å². The first-order valence-electron chi connectivity index (χ1n) is 9.84. The molecule has 0 saturated carbocycles. The van der Waals surface area contributed by atoms with Crippen molar-refractivity contribution in [2.45, 2.75) is 0 Å². The van der Waals surface area contributed by atoms with E-state index in [1.165, 1.54) is 0 Å². The zero-order valence-electron chi connectivity index (χ0n) is 15.7. The molecule has 0 aliphatic heterocycles. The van der Waals surface area contributed by atoms with Crippen LogP contribution in [0, 0.1) is 0 Å². The molecule has 3 nitrogen and oxygen atoms in total. The van der Waals surface area contributed by atoms with Gasteiger partial charge in [-0.1, -0.05) is 72.8 Å². The molecule has 7 rings (SSSR count). The van der Waals surface area contributed by atoms with Crippen LogP contribution in [0.2, 0.25) is 0 Å². The fourth-order valence-corrected chi connectivity index (χ4v) is 5.34. The summed E-state index contributed by atoms with van der Waals surface area (Å²) in [6, 6.07) is 22.3. The molecule has 0 aliphatic carbocycles. The lowest BCUT2D eigenvalue weighted by molar-refractivity contribution is 1.80. The topological polar surface area (TPSA) is 51.2 Å². The lowest BCUT2D eigenvalue weighted by atomic mass is 9.99. The first-order chi connectivity index (χ1) is 14.7. The largest absolute Gasteiger partial charge is 0.289 e. The molecule has 0 aromatic heterocycles. The van der Waals surface area contributed by atoms with Gasteiger partial charge in [0, 0.05) is 48.5 Å². The van der Waals surface area contributed by atoms with Crippen molar-refractivity contribution in [1.29, 1.82) is 0 Å². The van der Waals surface area contributed by atoms with Gasteiger partial charge in [0.15, 0.2) is 16.3 Å². The van der Waals surface area contributed by atoms with Crippen LogP contribution >= 0.6 is 0 Å². The Kier molecular flexibility index (Phi) is 2.67. The van der Waals surface area contributed by atoms with E-state index in [0.717, 1.165) is 26.9 Å². The maximum Gasteiger partial charge on any atom is 0.195 e. The molecule has 0 heterocycles. The van der Waals surface area contributed by atoms with Crippen molar-refractivity contribution in [1.82, 2.24) is 0 Å². The summed E-state index contributed by atoms with van der Waals surface area (Å²) in [5, 5.41) is 7.62. The summed E-state index contributed by atoms with van der Waals surface area (Å²) in [5.74, 6) is 0. The van der Waals surface area contributed by atoms with Crippen molar-refractivity contribution in [2.75, 3.05) is 0 Å². The highest BCUT2D eigenvalue weighted by atomic mass is 16.1. The molecule has 0 unspecified atom stereocenters. The molecule has 0 radical (unpaired) electrons. The second-order valence-electron chi connectivity index (χ2n) is 7.87. The zero-order chi connectivity index (χ0) is 20.1. The van der Waals surface area contributed by atoms with E-state index in [0.29, 0.717) is 37.7 Å². The minimum absolute atomic E-state index is 0.0824. The minimum Gasteiger partial charge on any atom is -0.289 e. The van der Waals surface area contributed by atoms with Crippen LogP contribution in [0.15, 0.2) is 87.2 Å². The van der Waals surface area contributed by atoms with Crippen molar-refractivity contribution in [3.63, 3.8) is 0 Å². The van der Waals surface area contributed by atoms with Gasteiger partial charge < -0.3 is 0 Å². The van der Waals surface area contributed by atoms with E-state index in [1.807, 2.05) is 60.7 Å². The van der Waals surface area contributed by atoms with Crippen LogP contribution in [0.3, 0.4) is 0 Å². The van der Waals surface area contributed by atoms with Gasteiger partial charge in [-0.05, 0) is 16.2 Å². The average Bonchev–Trinajstić information content (AvgIpc) is 3.36. The fourth-order valence-electron chi connectivity index (χ4n) is 5.34. The van der Waals surface area contributed by atoms with Crippen molar-refractivity contribution in [2.24, 2.45) is 0 Å². The van der Waals surface area contributed by atoms with Gasteiger partial charge in [0.05, 0.1) is 0 Å². The van der Waals surface area contributed by atoms with Crippen molar-refractivity contribution >= 4 is 64.6 Å². The smallest absolute Gasteiger partial charge is 0.195 e.